The fourth-order valence-electron chi connectivity index (χ4n) is 3.65. The van der Waals surface area contributed by atoms with E-state index in [0.29, 0.717) is 12.1 Å². The summed E-state index contributed by atoms with van der Waals surface area (Å²) in [6.45, 7) is 7.04. The Morgan fingerprint density at radius 1 is 1.10 bits per heavy atom. The summed E-state index contributed by atoms with van der Waals surface area (Å²) in [5.74, 6) is 2.64. The van der Waals surface area contributed by atoms with Gasteiger partial charge in [-0.1, -0.05) is 32.9 Å². The molecule has 3 unspecified atom stereocenters. The van der Waals surface area contributed by atoms with Gasteiger partial charge in [0.1, 0.15) is 5.75 Å². The average Bonchev–Trinajstić information content (AvgIpc) is 2.44. The quantitative estimate of drug-likeness (QED) is 0.850. The average molecular weight is 275 g/mol. The van der Waals surface area contributed by atoms with Crippen molar-refractivity contribution in [3.8, 4) is 5.75 Å². The zero-order valence-corrected chi connectivity index (χ0v) is 13.4. The molecule has 1 aliphatic carbocycles. The van der Waals surface area contributed by atoms with E-state index in [1.807, 2.05) is 0 Å². The third-order valence-corrected chi connectivity index (χ3v) is 4.54. The number of hydrogen-bond donors (Lipinski definition) is 1. The van der Waals surface area contributed by atoms with E-state index in [1.165, 1.54) is 24.8 Å². The van der Waals surface area contributed by atoms with Gasteiger partial charge in [-0.2, -0.15) is 0 Å². The lowest BCUT2D eigenvalue weighted by Crippen LogP contribution is -2.38. The van der Waals surface area contributed by atoms with Crippen molar-refractivity contribution in [2.75, 3.05) is 7.11 Å². The molecule has 0 amide bonds. The fourth-order valence-corrected chi connectivity index (χ4v) is 3.65. The van der Waals surface area contributed by atoms with Crippen molar-refractivity contribution in [3.05, 3.63) is 29.8 Å². The SMILES string of the molecule is CCC(NC1CC(C)CC(C)C1)c1ccc(OC)cc1. The van der Waals surface area contributed by atoms with Crippen LogP contribution in [0.3, 0.4) is 0 Å². The summed E-state index contributed by atoms with van der Waals surface area (Å²) in [6, 6.07) is 9.63. The minimum atomic E-state index is 0.461. The zero-order chi connectivity index (χ0) is 14.5. The van der Waals surface area contributed by atoms with E-state index in [9.17, 15) is 0 Å². The highest BCUT2D eigenvalue weighted by Gasteiger charge is 2.25. The van der Waals surface area contributed by atoms with Gasteiger partial charge in [0.15, 0.2) is 0 Å². The molecule has 1 aliphatic rings. The summed E-state index contributed by atoms with van der Waals surface area (Å²) in [5.41, 5.74) is 1.37. The minimum absolute atomic E-state index is 0.461. The van der Waals surface area contributed by atoms with Crippen molar-refractivity contribution in [1.29, 1.82) is 0 Å². The molecule has 0 bridgehead atoms. The highest BCUT2D eigenvalue weighted by Crippen LogP contribution is 2.30. The molecule has 0 aliphatic heterocycles. The van der Waals surface area contributed by atoms with Crippen LogP contribution >= 0.6 is 0 Å². The van der Waals surface area contributed by atoms with Crippen LogP contribution in [0.5, 0.6) is 5.75 Å². The van der Waals surface area contributed by atoms with Crippen LogP contribution in [-0.4, -0.2) is 13.2 Å². The first-order chi connectivity index (χ1) is 9.62. The molecule has 2 nitrogen and oxygen atoms in total. The van der Waals surface area contributed by atoms with E-state index in [-0.39, 0.29) is 0 Å². The Labute approximate surface area is 123 Å². The van der Waals surface area contributed by atoms with Gasteiger partial charge in [-0.15, -0.1) is 0 Å². The predicted molar refractivity (Wildman–Crippen MR) is 85.1 cm³/mol. The second kappa shape index (κ2) is 7.12. The minimum Gasteiger partial charge on any atom is -0.497 e. The molecule has 3 atom stereocenters. The first kappa shape index (κ1) is 15.4. The van der Waals surface area contributed by atoms with Gasteiger partial charge in [0.25, 0.3) is 0 Å². The maximum atomic E-state index is 5.24. The monoisotopic (exact) mass is 275 g/mol. The van der Waals surface area contributed by atoms with Crippen molar-refractivity contribution in [3.63, 3.8) is 0 Å². The van der Waals surface area contributed by atoms with Gasteiger partial charge in [0, 0.05) is 12.1 Å². The first-order valence-corrected chi connectivity index (χ1v) is 8.02. The van der Waals surface area contributed by atoms with Crippen LogP contribution in [0.15, 0.2) is 24.3 Å². The molecule has 1 fully saturated rings. The van der Waals surface area contributed by atoms with Crippen LogP contribution < -0.4 is 10.1 Å². The summed E-state index contributed by atoms with van der Waals surface area (Å²) < 4.78 is 5.24. The summed E-state index contributed by atoms with van der Waals surface area (Å²) in [5, 5.41) is 3.88. The molecule has 1 saturated carbocycles. The Bertz CT molecular complexity index is 390. The standard InChI is InChI=1S/C18H29NO/c1-5-18(15-6-8-17(20-4)9-7-15)19-16-11-13(2)10-14(3)12-16/h6-9,13-14,16,18-19H,5,10-12H2,1-4H3. The molecule has 2 heteroatoms. The highest BCUT2D eigenvalue weighted by atomic mass is 16.5. The summed E-state index contributed by atoms with van der Waals surface area (Å²) in [7, 11) is 1.72. The largest absolute Gasteiger partial charge is 0.497 e. The lowest BCUT2D eigenvalue weighted by molar-refractivity contribution is 0.224. The molecule has 0 saturated heterocycles. The van der Waals surface area contributed by atoms with Crippen LogP contribution in [0, 0.1) is 11.8 Å². The Balaban J connectivity index is 2.00. The Kier molecular flexibility index (Phi) is 5.47. The third kappa shape index (κ3) is 3.99. The molecule has 0 heterocycles. The summed E-state index contributed by atoms with van der Waals surface area (Å²) >= 11 is 0. The van der Waals surface area contributed by atoms with Crippen LogP contribution in [0.1, 0.15) is 58.1 Å². The summed E-state index contributed by atoms with van der Waals surface area (Å²) in [6.07, 6.45) is 5.15. The van der Waals surface area contributed by atoms with E-state index in [4.69, 9.17) is 4.74 Å². The molecule has 1 aromatic carbocycles. The van der Waals surface area contributed by atoms with Gasteiger partial charge in [0.05, 0.1) is 7.11 Å². The van der Waals surface area contributed by atoms with Gasteiger partial charge in [-0.05, 0) is 55.2 Å². The topological polar surface area (TPSA) is 21.3 Å². The Hall–Kier alpha value is -1.02. The van der Waals surface area contributed by atoms with Crippen molar-refractivity contribution >= 4 is 0 Å². The molecule has 0 spiro atoms. The summed E-state index contributed by atoms with van der Waals surface area (Å²) in [4.78, 5) is 0. The van der Waals surface area contributed by atoms with E-state index >= 15 is 0 Å². The second-order valence-corrected chi connectivity index (χ2v) is 6.52. The fraction of sp³-hybridized carbons (Fsp3) is 0.667. The molecular formula is C18H29NO. The molecule has 112 valence electrons. The van der Waals surface area contributed by atoms with Gasteiger partial charge in [0.2, 0.25) is 0 Å². The van der Waals surface area contributed by atoms with Gasteiger partial charge in [-0.25, -0.2) is 0 Å². The molecule has 20 heavy (non-hydrogen) atoms. The highest BCUT2D eigenvalue weighted by molar-refractivity contribution is 5.29. The van der Waals surface area contributed by atoms with E-state index < -0.39 is 0 Å². The molecule has 0 radical (unpaired) electrons. The smallest absolute Gasteiger partial charge is 0.118 e. The molecule has 1 aromatic rings. The number of rotatable bonds is 5. The van der Waals surface area contributed by atoms with E-state index in [2.05, 4.69) is 50.4 Å². The molecular weight excluding hydrogens is 246 g/mol. The van der Waals surface area contributed by atoms with Crippen LogP contribution in [0.4, 0.5) is 0 Å². The Morgan fingerprint density at radius 3 is 2.20 bits per heavy atom. The zero-order valence-electron chi connectivity index (χ0n) is 13.4. The predicted octanol–water partition coefficient (Wildman–Crippen LogP) is 4.56. The maximum absolute atomic E-state index is 5.24. The van der Waals surface area contributed by atoms with Gasteiger partial charge in [-0.3, -0.25) is 0 Å². The second-order valence-electron chi connectivity index (χ2n) is 6.52. The van der Waals surface area contributed by atoms with Crippen LogP contribution in [-0.2, 0) is 0 Å². The van der Waals surface area contributed by atoms with E-state index in [0.717, 1.165) is 24.0 Å². The lowest BCUT2D eigenvalue weighted by Gasteiger charge is -2.34. The molecule has 0 aromatic heterocycles. The molecule has 1 N–H and O–H groups in total. The Morgan fingerprint density at radius 2 is 1.70 bits per heavy atom. The van der Waals surface area contributed by atoms with Gasteiger partial charge < -0.3 is 10.1 Å². The number of ether oxygens (including phenoxy) is 1. The van der Waals surface area contributed by atoms with Crippen molar-refractivity contribution in [1.82, 2.24) is 5.32 Å². The van der Waals surface area contributed by atoms with Crippen molar-refractivity contribution < 1.29 is 4.74 Å². The van der Waals surface area contributed by atoms with Crippen LogP contribution in [0.2, 0.25) is 0 Å². The number of nitrogens with one attached hydrogen (secondary N) is 1. The first-order valence-electron chi connectivity index (χ1n) is 8.02. The molecule has 2 rings (SSSR count). The van der Waals surface area contributed by atoms with Crippen molar-refractivity contribution in [2.45, 2.75) is 58.5 Å². The number of methoxy groups -OCH3 is 1. The van der Waals surface area contributed by atoms with E-state index in [1.54, 1.807) is 7.11 Å². The number of benzene rings is 1. The number of hydrogen-bond acceptors (Lipinski definition) is 2. The van der Waals surface area contributed by atoms with Gasteiger partial charge >= 0.3 is 0 Å². The van der Waals surface area contributed by atoms with Crippen molar-refractivity contribution in [2.24, 2.45) is 11.8 Å². The van der Waals surface area contributed by atoms with Crippen LogP contribution in [0.25, 0.3) is 0 Å². The normalized spacial score (nSPS) is 28.1. The third-order valence-electron chi connectivity index (χ3n) is 4.54. The lowest BCUT2D eigenvalue weighted by atomic mass is 9.80. The maximum Gasteiger partial charge on any atom is 0.118 e.